The van der Waals surface area contributed by atoms with Gasteiger partial charge < -0.3 is 0 Å². The highest BCUT2D eigenvalue weighted by Gasteiger charge is 2.16. The van der Waals surface area contributed by atoms with Crippen LogP contribution in [-0.4, -0.2) is 13.7 Å². The first-order chi connectivity index (χ1) is 6.83. The third-order valence-corrected chi connectivity index (χ3v) is 4.44. The second-order valence-corrected chi connectivity index (χ2v) is 6.72. The van der Waals surface area contributed by atoms with Crippen LogP contribution in [0, 0.1) is 9.39 Å². The zero-order chi connectivity index (χ0) is 11.6. The Balaban J connectivity index is 3.01. The summed E-state index contributed by atoms with van der Waals surface area (Å²) in [4.78, 5) is 0. The molecule has 0 atom stereocenters. The van der Waals surface area contributed by atoms with Crippen molar-refractivity contribution in [2.75, 3.05) is 4.72 Å². The molecule has 6 heteroatoms. The number of anilines is 1. The van der Waals surface area contributed by atoms with Crippen LogP contribution in [0.15, 0.2) is 18.2 Å². The van der Waals surface area contributed by atoms with E-state index in [9.17, 15) is 12.8 Å². The second-order valence-electron chi connectivity index (χ2n) is 3.32. The van der Waals surface area contributed by atoms with Crippen LogP contribution in [0.5, 0.6) is 0 Å². The zero-order valence-corrected chi connectivity index (χ0v) is 11.3. The molecule has 1 rings (SSSR count). The lowest BCUT2D eigenvalue weighted by atomic mass is 10.3. The molecule has 0 spiro atoms. The number of hydrogen-bond donors (Lipinski definition) is 1. The van der Waals surface area contributed by atoms with E-state index in [0.717, 1.165) is 0 Å². The monoisotopic (exact) mass is 343 g/mol. The van der Waals surface area contributed by atoms with E-state index in [1.807, 2.05) is 22.6 Å². The molecular weight excluding hydrogens is 332 g/mol. The van der Waals surface area contributed by atoms with Crippen molar-refractivity contribution in [3.63, 3.8) is 0 Å². The van der Waals surface area contributed by atoms with E-state index < -0.39 is 15.3 Å². The molecular formula is C9H11FINO2S. The predicted molar refractivity (Wildman–Crippen MR) is 66.8 cm³/mol. The number of halogens is 2. The van der Waals surface area contributed by atoms with Gasteiger partial charge in [0.2, 0.25) is 10.0 Å². The molecule has 0 aliphatic carbocycles. The van der Waals surface area contributed by atoms with Gasteiger partial charge in [-0.15, -0.1) is 0 Å². The van der Waals surface area contributed by atoms with Crippen molar-refractivity contribution in [2.24, 2.45) is 0 Å². The highest BCUT2D eigenvalue weighted by molar-refractivity contribution is 14.1. The molecule has 1 N–H and O–H groups in total. The van der Waals surface area contributed by atoms with E-state index in [4.69, 9.17) is 0 Å². The SMILES string of the molecule is CC(C)S(=O)(=O)Nc1ccc(F)cc1I. The summed E-state index contributed by atoms with van der Waals surface area (Å²) >= 11 is 1.88. The molecule has 0 unspecified atom stereocenters. The van der Waals surface area contributed by atoms with Crippen LogP contribution in [0.1, 0.15) is 13.8 Å². The number of sulfonamides is 1. The van der Waals surface area contributed by atoms with E-state index in [1.54, 1.807) is 13.8 Å². The minimum absolute atomic E-state index is 0.383. The largest absolute Gasteiger partial charge is 0.282 e. The number of nitrogens with one attached hydrogen (secondary N) is 1. The molecule has 0 radical (unpaired) electrons. The van der Waals surface area contributed by atoms with E-state index >= 15 is 0 Å². The van der Waals surface area contributed by atoms with Gasteiger partial charge in [0, 0.05) is 3.57 Å². The van der Waals surface area contributed by atoms with Gasteiger partial charge in [0.1, 0.15) is 5.82 Å². The summed E-state index contributed by atoms with van der Waals surface area (Å²) in [5.41, 5.74) is 0.408. The number of benzene rings is 1. The van der Waals surface area contributed by atoms with Crippen molar-refractivity contribution in [1.82, 2.24) is 0 Å². The molecule has 84 valence electrons. The molecule has 0 fully saturated rings. The van der Waals surface area contributed by atoms with Gasteiger partial charge in [-0.2, -0.15) is 0 Å². The van der Waals surface area contributed by atoms with Crippen LogP contribution in [0.4, 0.5) is 10.1 Å². The van der Waals surface area contributed by atoms with Gasteiger partial charge in [-0.1, -0.05) is 0 Å². The molecule has 1 aromatic carbocycles. The molecule has 0 aromatic heterocycles. The van der Waals surface area contributed by atoms with Crippen molar-refractivity contribution in [2.45, 2.75) is 19.1 Å². The summed E-state index contributed by atoms with van der Waals surface area (Å²) < 4.78 is 38.8. The van der Waals surface area contributed by atoms with Crippen LogP contribution in [-0.2, 0) is 10.0 Å². The van der Waals surface area contributed by atoms with Gasteiger partial charge in [-0.25, -0.2) is 12.8 Å². The third kappa shape index (κ3) is 3.30. The molecule has 0 aliphatic heterocycles. The Morgan fingerprint density at radius 3 is 2.47 bits per heavy atom. The molecule has 1 aromatic rings. The molecule has 15 heavy (non-hydrogen) atoms. The summed E-state index contributed by atoms with van der Waals surface area (Å²) in [5.74, 6) is -0.383. The van der Waals surface area contributed by atoms with Crippen molar-refractivity contribution >= 4 is 38.3 Å². The van der Waals surface area contributed by atoms with Crippen LogP contribution in [0.3, 0.4) is 0 Å². The first-order valence-electron chi connectivity index (χ1n) is 4.29. The molecule has 0 aliphatic rings. The summed E-state index contributed by atoms with van der Waals surface area (Å²) in [6.45, 7) is 3.16. The Hall–Kier alpha value is -0.370. The topological polar surface area (TPSA) is 46.2 Å². The maximum atomic E-state index is 12.8. The fourth-order valence-corrected chi connectivity index (χ4v) is 2.36. The smallest absolute Gasteiger partial charge is 0.235 e. The van der Waals surface area contributed by atoms with Crippen molar-refractivity contribution in [1.29, 1.82) is 0 Å². The normalized spacial score (nSPS) is 11.8. The zero-order valence-electron chi connectivity index (χ0n) is 8.29. The van der Waals surface area contributed by atoms with Gasteiger partial charge in [0.25, 0.3) is 0 Å². The fourth-order valence-electron chi connectivity index (χ4n) is 0.843. The van der Waals surface area contributed by atoms with Crippen LogP contribution < -0.4 is 4.72 Å². The lowest BCUT2D eigenvalue weighted by Gasteiger charge is -2.11. The minimum Gasteiger partial charge on any atom is -0.282 e. The van der Waals surface area contributed by atoms with Gasteiger partial charge in [0.05, 0.1) is 10.9 Å². The number of hydrogen-bond acceptors (Lipinski definition) is 2. The van der Waals surface area contributed by atoms with E-state index in [-0.39, 0.29) is 5.82 Å². The molecule has 3 nitrogen and oxygen atoms in total. The maximum Gasteiger partial charge on any atom is 0.235 e. The predicted octanol–water partition coefficient (Wildman–Crippen LogP) is 2.58. The van der Waals surface area contributed by atoms with E-state index in [2.05, 4.69) is 4.72 Å². The summed E-state index contributed by atoms with van der Waals surface area (Å²) in [5, 5.41) is -0.515. The maximum absolute atomic E-state index is 12.8. The summed E-state index contributed by atoms with van der Waals surface area (Å²) in [6.07, 6.45) is 0. The quantitative estimate of drug-likeness (QED) is 0.858. The second kappa shape index (κ2) is 4.65. The highest BCUT2D eigenvalue weighted by Crippen LogP contribution is 2.21. The van der Waals surface area contributed by atoms with Gasteiger partial charge in [-0.05, 0) is 54.6 Å². The van der Waals surface area contributed by atoms with Gasteiger partial charge in [0.15, 0.2) is 0 Å². The highest BCUT2D eigenvalue weighted by atomic mass is 127. The molecule has 0 heterocycles. The van der Waals surface area contributed by atoms with E-state index in [1.165, 1.54) is 18.2 Å². The Morgan fingerprint density at radius 2 is 2.00 bits per heavy atom. The molecule has 0 amide bonds. The summed E-state index contributed by atoms with van der Waals surface area (Å²) in [7, 11) is -3.36. The number of rotatable bonds is 3. The van der Waals surface area contributed by atoms with Crippen molar-refractivity contribution < 1.29 is 12.8 Å². The van der Waals surface area contributed by atoms with Gasteiger partial charge >= 0.3 is 0 Å². The Bertz CT molecular complexity index is 459. The average Bonchev–Trinajstić information content (AvgIpc) is 2.09. The van der Waals surface area contributed by atoms with Crippen LogP contribution in [0.25, 0.3) is 0 Å². The van der Waals surface area contributed by atoms with E-state index in [0.29, 0.717) is 9.26 Å². The lowest BCUT2D eigenvalue weighted by Crippen LogP contribution is -2.22. The minimum atomic E-state index is -3.36. The lowest BCUT2D eigenvalue weighted by molar-refractivity contribution is 0.592. The Morgan fingerprint density at radius 1 is 1.40 bits per heavy atom. The first kappa shape index (κ1) is 12.7. The van der Waals surface area contributed by atoms with Gasteiger partial charge in [-0.3, -0.25) is 4.72 Å². The van der Waals surface area contributed by atoms with Crippen LogP contribution >= 0.6 is 22.6 Å². The first-order valence-corrected chi connectivity index (χ1v) is 6.92. The van der Waals surface area contributed by atoms with Crippen molar-refractivity contribution in [3.8, 4) is 0 Å². The summed E-state index contributed by atoms with van der Waals surface area (Å²) in [6, 6.07) is 3.91. The fraction of sp³-hybridized carbons (Fsp3) is 0.333. The van der Waals surface area contributed by atoms with Crippen molar-refractivity contribution in [3.05, 3.63) is 27.6 Å². The average molecular weight is 343 g/mol. The Kier molecular flexibility index (Phi) is 3.93. The molecule has 0 bridgehead atoms. The molecule has 0 saturated heterocycles. The molecule has 0 saturated carbocycles. The Labute approximate surface area is 102 Å². The third-order valence-electron chi connectivity index (χ3n) is 1.80. The standard InChI is InChI=1S/C9H11FINO2S/c1-6(2)15(13,14)12-9-4-3-7(10)5-8(9)11/h3-6,12H,1-2H3. The van der Waals surface area contributed by atoms with Crippen LogP contribution in [0.2, 0.25) is 0 Å².